The van der Waals surface area contributed by atoms with Gasteiger partial charge in [0.25, 0.3) is 0 Å². The summed E-state index contributed by atoms with van der Waals surface area (Å²) in [5, 5.41) is 3.20. The fourth-order valence-electron chi connectivity index (χ4n) is 2.99. The molecule has 1 saturated heterocycles. The molecule has 3 N–H and O–H groups in total. The van der Waals surface area contributed by atoms with E-state index < -0.39 is 0 Å². The number of aliphatic imine (C=N–C) groups is 1. The van der Waals surface area contributed by atoms with Gasteiger partial charge in [0.05, 0.1) is 26.1 Å². The van der Waals surface area contributed by atoms with Crippen LogP contribution in [0.2, 0.25) is 0 Å². The second-order valence-electron chi connectivity index (χ2n) is 6.49. The van der Waals surface area contributed by atoms with E-state index in [0.717, 1.165) is 57.9 Å². The van der Waals surface area contributed by atoms with Gasteiger partial charge in [-0.3, -0.25) is 4.90 Å². The van der Waals surface area contributed by atoms with E-state index in [1.54, 1.807) is 6.20 Å². The minimum atomic E-state index is 0.506. The summed E-state index contributed by atoms with van der Waals surface area (Å²) in [6, 6.07) is 8.41. The number of aromatic nitrogens is 2. The number of ether oxygens (including phenoxy) is 1. The Kier molecular flexibility index (Phi) is 7.04. The molecular formula is C19H28N6O. The Morgan fingerprint density at radius 2 is 2.12 bits per heavy atom. The Morgan fingerprint density at radius 1 is 1.27 bits per heavy atom. The second kappa shape index (κ2) is 9.94. The molecule has 1 aliphatic rings. The number of nitrogens with zero attached hydrogens (tertiary/aromatic N) is 4. The summed E-state index contributed by atoms with van der Waals surface area (Å²) in [5.74, 6) is 0.506. The fraction of sp³-hybridized carbons (Fsp3) is 0.474. The van der Waals surface area contributed by atoms with Crippen LogP contribution < -0.4 is 11.1 Å². The Morgan fingerprint density at radius 3 is 2.92 bits per heavy atom. The normalized spacial score (nSPS) is 15.9. The van der Waals surface area contributed by atoms with Crippen molar-refractivity contribution in [3.05, 3.63) is 54.1 Å². The third kappa shape index (κ3) is 6.16. The number of imidazole rings is 1. The molecule has 0 bridgehead atoms. The molecule has 0 unspecified atom stereocenters. The molecule has 26 heavy (non-hydrogen) atoms. The van der Waals surface area contributed by atoms with Crippen LogP contribution in [0, 0.1) is 0 Å². The highest BCUT2D eigenvalue weighted by Crippen LogP contribution is 2.08. The Hall–Kier alpha value is -2.38. The number of rotatable bonds is 8. The molecule has 1 aromatic carbocycles. The summed E-state index contributed by atoms with van der Waals surface area (Å²) in [6.45, 7) is 7.05. The van der Waals surface area contributed by atoms with E-state index in [2.05, 4.69) is 44.5 Å². The van der Waals surface area contributed by atoms with Crippen molar-refractivity contribution >= 4 is 5.96 Å². The molecule has 7 heteroatoms. The van der Waals surface area contributed by atoms with Gasteiger partial charge < -0.3 is 20.4 Å². The summed E-state index contributed by atoms with van der Waals surface area (Å²) in [6.07, 6.45) is 6.63. The smallest absolute Gasteiger partial charge is 0.188 e. The Labute approximate surface area is 154 Å². The van der Waals surface area contributed by atoms with E-state index in [4.69, 9.17) is 10.5 Å². The number of nitrogens with two attached hydrogens (primary N) is 1. The van der Waals surface area contributed by atoms with Gasteiger partial charge in [0.1, 0.15) is 0 Å². The summed E-state index contributed by atoms with van der Waals surface area (Å²) < 4.78 is 7.40. The van der Waals surface area contributed by atoms with Crippen LogP contribution in [-0.2, 0) is 17.8 Å². The van der Waals surface area contributed by atoms with Gasteiger partial charge in [0.2, 0.25) is 0 Å². The van der Waals surface area contributed by atoms with Crippen LogP contribution in [0.15, 0.2) is 48.0 Å². The van der Waals surface area contributed by atoms with Crippen molar-refractivity contribution < 1.29 is 4.74 Å². The molecule has 0 radical (unpaired) electrons. The quantitative estimate of drug-likeness (QED) is 0.420. The number of benzene rings is 1. The summed E-state index contributed by atoms with van der Waals surface area (Å²) >= 11 is 0. The molecule has 1 aliphatic heterocycles. The van der Waals surface area contributed by atoms with Gasteiger partial charge in [-0.15, -0.1) is 0 Å². The molecule has 3 rings (SSSR count). The van der Waals surface area contributed by atoms with Crippen molar-refractivity contribution in [2.75, 3.05) is 39.4 Å². The van der Waals surface area contributed by atoms with Crippen molar-refractivity contribution in [1.82, 2.24) is 19.8 Å². The maximum absolute atomic E-state index is 5.98. The number of morpholine rings is 1. The number of hydrogen-bond acceptors (Lipinski definition) is 4. The molecule has 0 atom stereocenters. The van der Waals surface area contributed by atoms with Gasteiger partial charge in [-0.2, -0.15) is 0 Å². The molecule has 0 aliphatic carbocycles. The number of guanidine groups is 1. The van der Waals surface area contributed by atoms with Crippen LogP contribution in [0.3, 0.4) is 0 Å². The number of nitrogens with one attached hydrogen (secondary N) is 1. The lowest BCUT2D eigenvalue weighted by Gasteiger charge is -2.26. The molecule has 0 spiro atoms. The van der Waals surface area contributed by atoms with Crippen molar-refractivity contribution in [2.45, 2.75) is 19.5 Å². The van der Waals surface area contributed by atoms with Gasteiger partial charge in [-0.25, -0.2) is 9.98 Å². The molecule has 0 amide bonds. The van der Waals surface area contributed by atoms with Crippen LogP contribution >= 0.6 is 0 Å². The highest BCUT2D eigenvalue weighted by atomic mass is 16.5. The van der Waals surface area contributed by atoms with E-state index in [9.17, 15) is 0 Å². The average Bonchev–Trinajstić information content (AvgIpc) is 3.18. The topological polar surface area (TPSA) is 80.7 Å². The van der Waals surface area contributed by atoms with Crippen LogP contribution in [0.1, 0.15) is 17.5 Å². The van der Waals surface area contributed by atoms with Crippen molar-refractivity contribution in [3.8, 4) is 0 Å². The third-order valence-corrected chi connectivity index (χ3v) is 4.41. The Balaban J connectivity index is 1.39. The van der Waals surface area contributed by atoms with E-state index in [0.29, 0.717) is 12.5 Å². The molecule has 140 valence electrons. The molecule has 0 saturated carbocycles. The van der Waals surface area contributed by atoms with Crippen LogP contribution in [0.25, 0.3) is 0 Å². The van der Waals surface area contributed by atoms with Crippen LogP contribution in [0.4, 0.5) is 0 Å². The minimum absolute atomic E-state index is 0.506. The van der Waals surface area contributed by atoms with E-state index in [-0.39, 0.29) is 0 Å². The molecule has 2 heterocycles. The zero-order chi connectivity index (χ0) is 18.0. The average molecular weight is 356 g/mol. The van der Waals surface area contributed by atoms with E-state index in [1.165, 1.54) is 5.56 Å². The molecule has 1 fully saturated rings. The maximum atomic E-state index is 5.98. The van der Waals surface area contributed by atoms with Gasteiger partial charge in [-0.1, -0.05) is 24.3 Å². The molecule has 2 aromatic rings. The first-order valence-corrected chi connectivity index (χ1v) is 9.17. The zero-order valence-corrected chi connectivity index (χ0v) is 15.2. The summed E-state index contributed by atoms with van der Waals surface area (Å²) in [4.78, 5) is 10.9. The maximum Gasteiger partial charge on any atom is 0.188 e. The molecule has 7 nitrogen and oxygen atoms in total. The lowest BCUT2D eigenvalue weighted by atomic mass is 10.1. The first kappa shape index (κ1) is 18.4. The van der Waals surface area contributed by atoms with Crippen molar-refractivity contribution in [2.24, 2.45) is 10.7 Å². The van der Waals surface area contributed by atoms with Gasteiger partial charge >= 0.3 is 0 Å². The first-order valence-electron chi connectivity index (χ1n) is 9.17. The lowest BCUT2D eigenvalue weighted by molar-refractivity contribution is 0.0376. The lowest BCUT2D eigenvalue weighted by Crippen LogP contribution is -2.39. The van der Waals surface area contributed by atoms with E-state index >= 15 is 0 Å². The fourth-order valence-corrected chi connectivity index (χ4v) is 2.99. The third-order valence-electron chi connectivity index (χ3n) is 4.41. The standard InChI is InChI=1S/C19H28N6O/c20-19(22-5-2-7-24-9-11-26-12-10-24)23-14-17-3-1-4-18(13-17)15-25-8-6-21-16-25/h1,3-4,6,8,13,16H,2,5,7,9-12,14-15H2,(H3,20,22,23). The Bertz CT molecular complexity index is 679. The minimum Gasteiger partial charge on any atom is -0.379 e. The zero-order valence-electron chi connectivity index (χ0n) is 15.2. The largest absolute Gasteiger partial charge is 0.379 e. The van der Waals surface area contributed by atoms with Gasteiger partial charge in [-0.05, 0) is 24.1 Å². The SMILES string of the molecule is NC(=NCc1cccc(Cn2ccnc2)c1)NCCCN1CCOCC1. The predicted molar refractivity (Wildman–Crippen MR) is 103 cm³/mol. The summed E-state index contributed by atoms with van der Waals surface area (Å²) in [5.41, 5.74) is 8.36. The highest BCUT2D eigenvalue weighted by molar-refractivity contribution is 5.77. The van der Waals surface area contributed by atoms with Crippen LogP contribution in [-0.4, -0.2) is 59.8 Å². The van der Waals surface area contributed by atoms with Crippen LogP contribution in [0.5, 0.6) is 0 Å². The predicted octanol–water partition coefficient (Wildman–Crippen LogP) is 1.06. The first-order chi connectivity index (χ1) is 12.8. The van der Waals surface area contributed by atoms with Gasteiger partial charge in [0, 0.05) is 38.6 Å². The monoisotopic (exact) mass is 356 g/mol. The number of hydrogen-bond donors (Lipinski definition) is 2. The molecule has 1 aromatic heterocycles. The molecular weight excluding hydrogens is 328 g/mol. The van der Waals surface area contributed by atoms with E-state index in [1.807, 2.05) is 17.1 Å². The highest BCUT2D eigenvalue weighted by Gasteiger charge is 2.08. The second-order valence-corrected chi connectivity index (χ2v) is 6.49. The van der Waals surface area contributed by atoms with Gasteiger partial charge in [0.15, 0.2) is 5.96 Å². The van der Waals surface area contributed by atoms with Crippen molar-refractivity contribution in [3.63, 3.8) is 0 Å². The summed E-state index contributed by atoms with van der Waals surface area (Å²) in [7, 11) is 0. The van der Waals surface area contributed by atoms with Crippen molar-refractivity contribution in [1.29, 1.82) is 0 Å².